The number of methoxy groups -OCH3 is 1. The minimum Gasteiger partial charge on any atom is -0.497 e. The first-order valence-electron chi connectivity index (χ1n) is 14.6. The van der Waals surface area contributed by atoms with Gasteiger partial charge < -0.3 is 33.7 Å². The fourth-order valence-electron chi connectivity index (χ4n) is 5.96. The highest BCUT2D eigenvalue weighted by molar-refractivity contribution is 5.85. The fourth-order valence-corrected chi connectivity index (χ4v) is 5.96. The maximum atomic E-state index is 14.1. The van der Waals surface area contributed by atoms with Crippen LogP contribution in [0, 0.1) is 11.3 Å². The molecule has 2 heterocycles. The third-order valence-corrected chi connectivity index (χ3v) is 8.12. The van der Waals surface area contributed by atoms with Crippen molar-refractivity contribution >= 4 is 5.91 Å². The number of carbonyl (C=O) groups is 1. The highest BCUT2D eigenvalue weighted by Gasteiger charge is 2.58. The van der Waals surface area contributed by atoms with Crippen molar-refractivity contribution in [1.82, 2.24) is 10.2 Å². The van der Waals surface area contributed by atoms with Crippen LogP contribution in [0.1, 0.15) is 43.4 Å². The summed E-state index contributed by atoms with van der Waals surface area (Å²) in [5.41, 5.74) is 0.993. The van der Waals surface area contributed by atoms with Crippen LogP contribution in [-0.4, -0.2) is 87.0 Å². The lowest BCUT2D eigenvalue weighted by molar-refractivity contribution is -0.183. The van der Waals surface area contributed by atoms with E-state index in [9.17, 15) is 10.1 Å². The van der Waals surface area contributed by atoms with E-state index in [0.29, 0.717) is 31.7 Å². The Balaban J connectivity index is 1.38. The molecule has 2 aromatic carbocycles. The average molecular weight is 580 g/mol. The van der Waals surface area contributed by atoms with Crippen molar-refractivity contribution in [3.05, 3.63) is 65.2 Å². The van der Waals surface area contributed by atoms with Gasteiger partial charge in [-0.05, 0) is 43.2 Å². The highest BCUT2D eigenvalue weighted by Crippen LogP contribution is 2.44. The normalized spacial score (nSPS) is 27.1. The molecule has 1 aliphatic carbocycles. The van der Waals surface area contributed by atoms with Gasteiger partial charge in [-0.15, -0.1) is 0 Å². The number of fused-ring (bicyclic) bond motifs is 1. The van der Waals surface area contributed by atoms with Crippen LogP contribution >= 0.6 is 0 Å². The summed E-state index contributed by atoms with van der Waals surface area (Å²) in [4.78, 5) is 16.4. The van der Waals surface area contributed by atoms with E-state index in [0.717, 1.165) is 36.5 Å². The summed E-state index contributed by atoms with van der Waals surface area (Å²) < 4.78 is 36.5. The lowest BCUT2D eigenvalue weighted by Crippen LogP contribution is -2.60. The molecule has 226 valence electrons. The quantitative estimate of drug-likeness (QED) is 0.429. The first-order chi connectivity index (χ1) is 20.3. The van der Waals surface area contributed by atoms with Gasteiger partial charge in [0, 0.05) is 39.0 Å². The Morgan fingerprint density at radius 2 is 1.90 bits per heavy atom. The Morgan fingerprint density at radius 3 is 2.69 bits per heavy atom. The van der Waals surface area contributed by atoms with Crippen molar-refractivity contribution < 1.29 is 33.2 Å². The zero-order chi connectivity index (χ0) is 29.6. The number of hydrogen-bond acceptors (Lipinski definition) is 9. The molecule has 10 nitrogen and oxygen atoms in total. The van der Waals surface area contributed by atoms with E-state index in [1.165, 1.54) is 0 Å². The van der Waals surface area contributed by atoms with Gasteiger partial charge in [-0.3, -0.25) is 9.69 Å². The summed E-state index contributed by atoms with van der Waals surface area (Å²) in [6.07, 6.45) is -0.713. The number of ether oxygens (including phenoxy) is 6. The molecular formula is C32H41N3O7. The van der Waals surface area contributed by atoms with E-state index < -0.39 is 23.6 Å². The molecule has 3 aliphatic rings. The van der Waals surface area contributed by atoms with Gasteiger partial charge in [0.1, 0.15) is 11.9 Å². The van der Waals surface area contributed by atoms with Crippen molar-refractivity contribution in [3.8, 4) is 11.8 Å². The van der Waals surface area contributed by atoms with Crippen LogP contribution in [0.5, 0.6) is 5.75 Å². The summed E-state index contributed by atoms with van der Waals surface area (Å²) in [5, 5.41) is 12.7. The van der Waals surface area contributed by atoms with Gasteiger partial charge in [0.05, 0.1) is 57.4 Å². The molecule has 3 fully saturated rings. The highest BCUT2D eigenvalue weighted by atomic mass is 16.8. The second kappa shape index (κ2) is 13.5. The maximum absolute atomic E-state index is 14.1. The second-order valence-electron chi connectivity index (χ2n) is 11.5. The summed E-state index contributed by atoms with van der Waals surface area (Å²) in [7, 11) is 1.62. The number of nitriles is 1. The van der Waals surface area contributed by atoms with Crippen LogP contribution in [0.25, 0.3) is 0 Å². The van der Waals surface area contributed by atoms with Crippen molar-refractivity contribution in [2.75, 3.05) is 46.5 Å². The molecule has 0 spiro atoms. The van der Waals surface area contributed by atoms with Crippen molar-refractivity contribution in [1.29, 1.82) is 5.26 Å². The molecular weight excluding hydrogens is 538 g/mol. The Morgan fingerprint density at radius 1 is 1.10 bits per heavy atom. The minimum atomic E-state index is -1.22. The summed E-state index contributed by atoms with van der Waals surface area (Å²) in [5.74, 6) is -0.316. The maximum Gasteiger partial charge on any atom is 0.252 e. The van der Waals surface area contributed by atoms with Crippen LogP contribution < -0.4 is 10.1 Å². The minimum absolute atomic E-state index is 0.198. The molecule has 42 heavy (non-hydrogen) atoms. The lowest BCUT2D eigenvalue weighted by Gasteiger charge is -2.43. The molecule has 2 saturated heterocycles. The molecule has 10 heteroatoms. The predicted octanol–water partition coefficient (Wildman–Crippen LogP) is 3.17. The van der Waals surface area contributed by atoms with Gasteiger partial charge in [-0.2, -0.15) is 5.26 Å². The number of carbonyl (C=O) groups excluding carboxylic acids is 1. The zero-order valence-corrected chi connectivity index (χ0v) is 24.7. The largest absolute Gasteiger partial charge is 0.497 e. The van der Waals surface area contributed by atoms with E-state index in [1.807, 2.05) is 56.3 Å². The van der Waals surface area contributed by atoms with Gasteiger partial charge in [0.25, 0.3) is 5.91 Å². The summed E-state index contributed by atoms with van der Waals surface area (Å²) in [6, 6.07) is 17.2. The molecule has 2 aliphatic heterocycles. The third-order valence-electron chi connectivity index (χ3n) is 8.12. The van der Waals surface area contributed by atoms with Gasteiger partial charge >= 0.3 is 0 Å². The van der Waals surface area contributed by atoms with Gasteiger partial charge in [-0.1, -0.05) is 30.3 Å². The third kappa shape index (κ3) is 7.29. The lowest BCUT2D eigenvalue weighted by atomic mass is 9.78. The van der Waals surface area contributed by atoms with Crippen LogP contribution in [0.3, 0.4) is 0 Å². The zero-order valence-electron chi connectivity index (χ0n) is 24.7. The predicted molar refractivity (Wildman–Crippen MR) is 154 cm³/mol. The van der Waals surface area contributed by atoms with Crippen molar-refractivity contribution in [2.24, 2.45) is 0 Å². The fraction of sp³-hybridized carbons (Fsp3) is 0.562. The number of amides is 1. The second-order valence-corrected chi connectivity index (χ2v) is 11.5. The van der Waals surface area contributed by atoms with Gasteiger partial charge in [0.2, 0.25) is 0 Å². The van der Waals surface area contributed by atoms with Crippen LogP contribution in [0.15, 0.2) is 48.5 Å². The number of rotatable bonds is 11. The van der Waals surface area contributed by atoms with Crippen LogP contribution in [-0.2, 0) is 41.7 Å². The van der Waals surface area contributed by atoms with Crippen molar-refractivity contribution in [2.45, 2.75) is 69.6 Å². The molecule has 1 unspecified atom stereocenters. The monoisotopic (exact) mass is 579 g/mol. The molecule has 1 amide bonds. The number of hydrogen-bond donors (Lipinski definition) is 1. The summed E-state index contributed by atoms with van der Waals surface area (Å²) in [6.45, 7) is 8.45. The number of nitrogens with one attached hydrogen (secondary N) is 1. The van der Waals surface area contributed by atoms with Gasteiger partial charge in [0.15, 0.2) is 11.4 Å². The number of benzene rings is 2. The Bertz CT molecular complexity index is 1260. The Hall–Kier alpha value is -3.04. The van der Waals surface area contributed by atoms with Crippen LogP contribution in [0.4, 0.5) is 0 Å². The number of nitrogens with zero attached hydrogens (tertiary/aromatic N) is 2. The molecule has 1 N–H and O–H groups in total. The van der Waals surface area contributed by atoms with Gasteiger partial charge in [-0.25, -0.2) is 0 Å². The van der Waals surface area contributed by atoms with E-state index in [2.05, 4.69) is 16.3 Å². The number of morpholine rings is 1. The van der Waals surface area contributed by atoms with Crippen LogP contribution in [0.2, 0.25) is 0 Å². The smallest absolute Gasteiger partial charge is 0.252 e. The standard InChI is InChI=1S/C32H41N3O7/c1-31(2)41-28-19-32(40-21-23-7-6-10-26(17-23)37-3,30(36)34-11-12-35-13-15-38-16-14-35)18-27(29(28)42-31)39-22-25-9-5-4-8-24(25)20-33/h4-10,17,27-29H,11-16,18-19,21-22H2,1-3H3,(H,34,36)/t27?,28-,29+,32-/m1/s1. The average Bonchev–Trinajstić information content (AvgIpc) is 3.33. The molecule has 0 radical (unpaired) electrons. The first-order valence-corrected chi connectivity index (χ1v) is 14.6. The van der Waals surface area contributed by atoms with E-state index >= 15 is 0 Å². The molecule has 4 atom stereocenters. The van der Waals surface area contributed by atoms with Crippen molar-refractivity contribution in [3.63, 3.8) is 0 Å². The Kier molecular flexibility index (Phi) is 9.78. The Labute approximate surface area is 247 Å². The topological polar surface area (TPSA) is 112 Å². The molecule has 0 bridgehead atoms. The van der Waals surface area contributed by atoms with E-state index in [-0.39, 0.29) is 31.6 Å². The summed E-state index contributed by atoms with van der Waals surface area (Å²) >= 11 is 0. The SMILES string of the molecule is COc1cccc(CO[C@]2(C(=O)NCCN3CCOCC3)CC(OCc3ccccc3C#N)[C@@H]3OC(C)(C)O[C@@H]3C2)c1. The molecule has 2 aromatic rings. The molecule has 1 saturated carbocycles. The van der Waals surface area contributed by atoms with E-state index in [1.54, 1.807) is 13.2 Å². The first kappa shape index (κ1) is 30.4. The van der Waals surface area contributed by atoms with E-state index in [4.69, 9.17) is 28.4 Å². The molecule has 5 rings (SSSR count). The molecule has 0 aromatic heterocycles.